The standard InChI is InChI=1S/C7H16N4/c1-5-3-6(4-5)10-7(9-2)11-8/h5-6H,3-4,8H2,1-2H3,(H2,9,10,11). The molecule has 1 saturated carbocycles. The van der Waals surface area contributed by atoms with Gasteiger partial charge in [-0.1, -0.05) is 6.92 Å². The maximum Gasteiger partial charge on any atom is 0.205 e. The summed E-state index contributed by atoms with van der Waals surface area (Å²) in [5.74, 6) is 6.73. The molecule has 0 aromatic carbocycles. The Kier molecular flexibility index (Phi) is 2.70. The van der Waals surface area contributed by atoms with Gasteiger partial charge in [-0.25, -0.2) is 5.84 Å². The lowest BCUT2D eigenvalue weighted by atomic mass is 9.82. The van der Waals surface area contributed by atoms with Crippen molar-refractivity contribution < 1.29 is 0 Å². The van der Waals surface area contributed by atoms with Gasteiger partial charge in [0, 0.05) is 13.1 Å². The van der Waals surface area contributed by atoms with E-state index in [1.165, 1.54) is 12.8 Å². The van der Waals surface area contributed by atoms with Crippen molar-refractivity contribution in [2.24, 2.45) is 16.8 Å². The molecule has 0 saturated heterocycles. The van der Waals surface area contributed by atoms with Crippen molar-refractivity contribution in [3.8, 4) is 0 Å². The lowest BCUT2D eigenvalue weighted by Crippen LogP contribution is -2.50. The van der Waals surface area contributed by atoms with Crippen LogP contribution in [0.5, 0.6) is 0 Å². The van der Waals surface area contributed by atoms with Crippen molar-refractivity contribution in [1.29, 1.82) is 0 Å². The van der Waals surface area contributed by atoms with Crippen LogP contribution in [-0.4, -0.2) is 19.0 Å². The quantitative estimate of drug-likeness (QED) is 0.214. The average molecular weight is 156 g/mol. The van der Waals surface area contributed by atoms with Crippen molar-refractivity contribution in [1.82, 2.24) is 10.7 Å². The Labute approximate surface area is 67.2 Å². The number of aliphatic imine (C=N–C) groups is 1. The molecule has 0 bridgehead atoms. The smallest absolute Gasteiger partial charge is 0.205 e. The van der Waals surface area contributed by atoms with Crippen LogP contribution in [0.4, 0.5) is 0 Å². The number of guanidine groups is 1. The third-order valence-electron chi connectivity index (χ3n) is 2.07. The zero-order chi connectivity index (χ0) is 8.27. The van der Waals surface area contributed by atoms with Gasteiger partial charge < -0.3 is 5.32 Å². The summed E-state index contributed by atoms with van der Waals surface area (Å²) in [5.41, 5.74) is 2.50. The molecule has 64 valence electrons. The molecule has 0 unspecified atom stereocenters. The van der Waals surface area contributed by atoms with Crippen LogP contribution in [0.1, 0.15) is 19.8 Å². The van der Waals surface area contributed by atoms with Crippen molar-refractivity contribution >= 4 is 5.96 Å². The third-order valence-corrected chi connectivity index (χ3v) is 2.07. The lowest BCUT2D eigenvalue weighted by molar-refractivity contribution is 0.266. The first kappa shape index (κ1) is 8.33. The van der Waals surface area contributed by atoms with E-state index in [-0.39, 0.29) is 0 Å². The van der Waals surface area contributed by atoms with E-state index in [1.54, 1.807) is 7.05 Å². The number of nitrogens with one attached hydrogen (secondary N) is 2. The molecule has 1 aliphatic carbocycles. The summed E-state index contributed by atoms with van der Waals surface area (Å²) in [4.78, 5) is 3.92. The average Bonchev–Trinajstić information content (AvgIpc) is 1.96. The van der Waals surface area contributed by atoms with E-state index in [0.29, 0.717) is 12.0 Å². The minimum absolute atomic E-state index is 0.569. The molecule has 0 radical (unpaired) electrons. The molecular weight excluding hydrogens is 140 g/mol. The Morgan fingerprint density at radius 1 is 1.55 bits per heavy atom. The second-order valence-corrected chi connectivity index (χ2v) is 3.13. The van der Waals surface area contributed by atoms with Crippen molar-refractivity contribution in [3.05, 3.63) is 0 Å². The highest BCUT2D eigenvalue weighted by atomic mass is 15.3. The van der Waals surface area contributed by atoms with E-state index in [9.17, 15) is 0 Å². The summed E-state index contributed by atoms with van der Waals surface area (Å²) >= 11 is 0. The first-order valence-corrected chi connectivity index (χ1v) is 3.96. The number of hydrogen-bond donors (Lipinski definition) is 3. The predicted molar refractivity (Wildman–Crippen MR) is 46.0 cm³/mol. The van der Waals surface area contributed by atoms with Crippen LogP contribution in [-0.2, 0) is 0 Å². The van der Waals surface area contributed by atoms with Gasteiger partial charge in [-0.15, -0.1) is 0 Å². The van der Waals surface area contributed by atoms with Gasteiger partial charge in [-0.05, 0) is 18.8 Å². The first-order chi connectivity index (χ1) is 5.26. The summed E-state index contributed by atoms with van der Waals surface area (Å²) in [7, 11) is 1.71. The number of nitrogens with zero attached hydrogens (tertiary/aromatic N) is 1. The van der Waals surface area contributed by atoms with Crippen LogP contribution in [0.15, 0.2) is 4.99 Å². The van der Waals surface area contributed by atoms with Gasteiger partial charge >= 0.3 is 0 Å². The molecule has 1 rings (SSSR count). The van der Waals surface area contributed by atoms with E-state index < -0.39 is 0 Å². The fourth-order valence-electron chi connectivity index (χ4n) is 1.38. The molecular formula is C7H16N4. The van der Waals surface area contributed by atoms with Crippen LogP contribution < -0.4 is 16.6 Å². The Bertz CT molecular complexity index is 149. The highest BCUT2D eigenvalue weighted by molar-refractivity contribution is 5.79. The Morgan fingerprint density at radius 3 is 2.55 bits per heavy atom. The number of nitrogens with two attached hydrogens (primary N) is 1. The Balaban J connectivity index is 2.20. The summed E-state index contributed by atoms with van der Waals surface area (Å²) in [5, 5.41) is 3.20. The molecule has 4 nitrogen and oxygen atoms in total. The van der Waals surface area contributed by atoms with Gasteiger partial charge in [0.15, 0.2) is 0 Å². The van der Waals surface area contributed by atoms with E-state index in [1.807, 2.05) is 0 Å². The second kappa shape index (κ2) is 3.57. The van der Waals surface area contributed by atoms with Crippen molar-refractivity contribution in [3.63, 3.8) is 0 Å². The third kappa shape index (κ3) is 2.08. The van der Waals surface area contributed by atoms with Crippen molar-refractivity contribution in [2.45, 2.75) is 25.8 Å². The zero-order valence-corrected chi connectivity index (χ0v) is 7.09. The molecule has 0 heterocycles. The highest BCUT2D eigenvalue weighted by Gasteiger charge is 2.25. The maximum atomic E-state index is 5.20. The SMILES string of the molecule is CN=C(NN)NC1CC(C)C1. The summed E-state index contributed by atoms with van der Waals surface area (Å²) in [6.07, 6.45) is 2.45. The normalized spacial score (nSPS) is 31.0. The van der Waals surface area contributed by atoms with E-state index >= 15 is 0 Å². The summed E-state index contributed by atoms with van der Waals surface area (Å²) in [6.45, 7) is 2.25. The van der Waals surface area contributed by atoms with Crippen LogP contribution in [0.3, 0.4) is 0 Å². The molecule has 0 spiro atoms. The molecule has 0 atom stereocenters. The van der Waals surface area contributed by atoms with Gasteiger partial charge in [-0.2, -0.15) is 0 Å². The molecule has 1 fully saturated rings. The second-order valence-electron chi connectivity index (χ2n) is 3.13. The van der Waals surface area contributed by atoms with Crippen molar-refractivity contribution in [2.75, 3.05) is 7.05 Å². The minimum atomic E-state index is 0.569. The van der Waals surface area contributed by atoms with Gasteiger partial charge in [0.1, 0.15) is 0 Å². The van der Waals surface area contributed by atoms with Gasteiger partial charge in [0.2, 0.25) is 5.96 Å². The predicted octanol–water partition coefficient (Wildman–Crippen LogP) is -0.176. The Hall–Kier alpha value is -0.770. The molecule has 0 amide bonds. The summed E-state index contributed by atoms with van der Waals surface area (Å²) < 4.78 is 0. The molecule has 0 aromatic heterocycles. The van der Waals surface area contributed by atoms with E-state index in [2.05, 4.69) is 22.7 Å². The molecule has 4 heteroatoms. The van der Waals surface area contributed by atoms with Crippen LogP contribution in [0.2, 0.25) is 0 Å². The highest BCUT2D eigenvalue weighted by Crippen LogP contribution is 2.25. The number of rotatable bonds is 1. The fraction of sp³-hybridized carbons (Fsp3) is 0.857. The van der Waals surface area contributed by atoms with Crippen LogP contribution >= 0.6 is 0 Å². The first-order valence-electron chi connectivity index (χ1n) is 3.96. The zero-order valence-electron chi connectivity index (χ0n) is 7.09. The van der Waals surface area contributed by atoms with E-state index in [4.69, 9.17) is 5.84 Å². The topological polar surface area (TPSA) is 62.4 Å². The summed E-state index contributed by atoms with van der Waals surface area (Å²) in [6, 6.07) is 0.569. The monoisotopic (exact) mass is 156 g/mol. The molecule has 4 N–H and O–H groups in total. The molecule has 11 heavy (non-hydrogen) atoms. The minimum Gasteiger partial charge on any atom is -0.353 e. The van der Waals surface area contributed by atoms with Gasteiger partial charge in [0.05, 0.1) is 0 Å². The van der Waals surface area contributed by atoms with Crippen LogP contribution in [0.25, 0.3) is 0 Å². The molecule has 1 aliphatic rings. The van der Waals surface area contributed by atoms with E-state index in [0.717, 1.165) is 5.92 Å². The van der Waals surface area contributed by atoms with Gasteiger partial charge in [0.25, 0.3) is 0 Å². The van der Waals surface area contributed by atoms with Gasteiger partial charge in [-0.3, -0.25) is 10.4 Å². The largest absolute Gasteiger partial charge is 0.353 e. The Morgan fingerprint density at radius 2 is 2.18 bits per heavy atom. The molecule has 0 aliphatic heterocycles. The maximum absolute atomic E-state index is 5.20. The lowest BCUT2D eigenvalue weighted by Gasteiger charge is -2.33. The number of hydrazine groups is 1. The van der Waals surface area contributed by atoms with Crippen LogP contribution in [0, 0.1) is 5.92 Å². The molecule has 0 aromatic rings. The fourth-order valence-corrected chi connectivity index (χ4v) is 1.38. The number of hydrogen-bond acceptors (Lipinski definition) is 2.